The number of hydrogen-bond acceptors (Lipinski definition) is 4. The first kappa shape index (κ1) is 9.81. The molecule has 4 heteroatoms. The zero-order chi connectivity index (χ0) is 10.8. The van der Waals surface area contributed by atoms with Crippen molar-refractivity contribution >= 4 is 0 Å². The van der Waals surface area contributed by atoms with Crippen molar-refractivity contribution in [1.82, 2.24) is 5.32 Å². The van der Waals surface area contributed by atoms with E-state index in [0.29, 0.717) is 11.3 Å². The molecule has 0 bridgehead atoms. The third-order valence-corrected chi connectivity index (χ3v) is 2.65. The molecular weight excluding hydrogens is 192 g/mol. The molecule has 4 nitrogen and oxygen atoms in total. The lowest BCUT2D eigenvalue weighted by atomic mass is 9.95. The highest BCUT2D eigenvalue weighted by molar-refractivity contribution is 5.53. The normalized spacial score (nSPS) is 19.1. The summed E-state index contributed by atoms with van der Waals surface area (Å²) < 4.78 is 5.02. The standard InChI is InChI=1S/C11H12N2O2/c1-15-10-5-7(6-12)4-8(11(10)14)9-2-3-13-9/h4-5,9,13-14H,2-3H2,1H3/t9-/m0/s1. The molecule has 0 aliphatic carbocycles. The van der Waals surface area contributed by atoms with Gasteiger partial charge in [0.05, 0.1) is 18.7 Å². The summed E-state index contributed by atoms with van der Waals surface area (Å²) in [5, 5.41) is 21.9. The Bertz CT molecular complexity index is 419. The predicted molar refractivity (Wildman–Crippen MR) is 54.7 cm³/mol. The van der Waals surface area contributed by atoms with Crippen molar-refractivity contribution in [2.75, 3.05) is 13.7 Å². The molecule has 1 aromatic carbocycles. The lowest BCUT2D eigenvalue weighted by Gasteiger charge is -2.29. The summed E-state index contributed by atoms with van der Waals surface area (Å²) in [6, 6.07) is 5.44. The molecule has 0 amide bonds. The molecule has 1 fully saturated rings. The van der Waals surface area contributed by atoms with Gasteiger partial charge in [-0.05, 0) is 19.0 Å². The van der Waals surface area contributed by atoms with Crippen molar-refractivity contribution in [1.29, 1.82) is 5.26 Å². The van der Waals surface area contributed by atoms with Crippen molar-refractivity contribution in [3.8, 4) is 17.6 Å². The van der Waals surface area contributed by atoms with E-state index in [4.69, 9.17) is 10.00 Å². The number of methoxy groups -OCH3 is 1. The first-order valence-corrected chi connectivity index (χ1v) is 4.80. The van der Waals surface area contributed by atoms with Crippen LogP contribution in [-0.2, 0) is 0 Å². The molecule has 0 aromatic heterocycles. The number of phenols is 1. The van der Waals surface area contributed by atoms with E-state index in [1.807, 2.05) is 0 Å². The van der Waals surface area contributed by atoms with Gasteiger partial charge in [-0.1, -0.05) is 0 Å². The summed E-state index contributed by atoms with van der Waals surface area (Å²) in [7, 11) is 1.48. The van der Waals surface area contributed by atoms with Crippen LogP contribution in [0.2, 0.25) is 0 Å². The zero-order valence-corrected chi connectivity index (χ0v) is 8.45. The number of nitriles is 1. The Labute approximate surface area is 88.1 Å². The number of hydrogen-bond donors (Lipinski definition) is 2. The molecule has 1 aliphatic heterocycles. The minimum Gasteiger partial charge on any atom is -0.504 e. The molecule has 2 N–H and O–H groups in total. The first-order valence-electron chi connectivity index (χ1n) is 4.80. The van der Waals surface area contributed by atoms with Crippen LogP contribution in [0.4, 0.5) is 0 Å². The average Bonchev–Trinajstić information content (AvgIpc) is 2.18. The second-order valence-electron chi connectivity index (χ2n) is 3.52. The van der Waals surface area contributed by atoms with E-state index in [9.17, 15) is 5.11 Å². The second-order valence-corrected chi connectivity index (χ2v) is 3.52. The number of nitrogens with one attached hydrogen (secondary N) is 1. The van der Waals surface area contributed by atoms with E-state index in [1.54, 1.807) is 6.07 Å². The topological polar surface area (TPSA) is 65.3 Å². The van der Waals surface area contributed by atoms with Crippen molar-refractivity contribution in [2.24, 2.45) is 0 Å². The Morgan fingerprint density at radius 2 is 2.33 bits per heavy atom. The zero-order valence-electron chi connectivity index (χ0n) is 8.45. The van der Waals surface area contributed by atoms with Gasteiger partial charge < -0.3 is 15.2 Å². The van der Waals surface area contributed by atoms with Crippen molar-refractivity contribution in [2.45, 2.75) is 12.5 Å². The Balaban J connectivity index is 2.47. The van der Waals surface area contributed by atoms with Crippen LogP contribution in [0.5, 0.6) is 11.5 Å². The average molecular weight is 204 g/mol. The summed E-state index contributed by atoms with van der Waals surface area (Å²) in [5.41, 5.74) is 1.26. The molecule has 0 spiro atoms. The lowest BCUT2D eigenvalue weighted by Crippen LogP contribution is -2.35. The molecule has 1 aromatic rings. The maximum Gasteiger partial charge on any atom is 0.162 e. The van der Waals surface area contributed by atoms with E-state index in [2.05, 4.69) is 11.4 Å². The quantitative estimate of drug-likeness (QED) is 0.762. The molecule has 1 atom stereocenters. The van der Waals surface area contributed by atoms with Gasteiger partial charge in [-0.3, -0.25) is 0 Å². The number of aromatic hydroxyl groups is 1. The van der Waals surface area contributed by atoms with E-state index >= 15 is 0 Å². The molecule has 15 heavy (non-hydrogen) atoms. The third kappa shape index (κ3) is 1.62. The number of benzene rings is 1. The Morgan fingerprint density at radius 3 is 2.80 bits per heavy atom. The molecule has 78 valence electrons. The van der Waals surface area contributed by atoms with Crippen LogP contribution < -0.4 is 10.1 Å². The SMILES string of the molecule is COc1cc(C#N)cc([C@@H]2CCN2)c1O. The highest BCUT2D eigenvalue weighted by Gasteiger charge is 2.24. The Hall–Kier alpha value is -1.73. The van der Waals surface area contributed by atoms with Gasteiger partial charge in [0.25, 0.3) is 0 Å². The molecule has 0 saturated carbocycles. The molecule has 0 radical (unpaired) electrons. The highest BCUT2D eigenvalue weighted by atomic mass is 16.5. The number of rotatable bonds is 2. The molecule has 2 rings (SSSR count). The first-order chi connectivity index (χ1) is 7.26. The summed E-state index contributed by atoms with van der Waals surface area (Å²) >= 11 is 0. The molecular formula is C11H12N2O2. The molecule has 0 unspecified atom stereocenters. The second kappa shape index (κ2) is 3.79. The van der Waals surface area contributed by atoms with Crippen molar-refractivity contribution in [3.63, 3.8) is 0 Å². The van der Waals surface area contributed by atoms with Gasteiger partial charge in [-0.25, -0.2) is 0 Å². The van der Waals surface area contributed by atoms with Crippen molar-refractivity contribution < 1.29 is 9.84 Å². The summed E-state index contributed by atoms with van der Waals surface area (Å²) in [6.45, 7) is 0.948. The fourth-order valence-corrected chi connectivity index (χ4v) is 1.67. The van der Waals surface area contributed by atoms with Crippen LogP contribution in [0.15, 0.2) is 12.1 Å². The monoisotopic (exact) mass is 204 g/mol. The molecule has 1 aliphatic rings. The van der Waals surface area contributed by atoms with Crippen LogP contribution in [0.1, 0.15) is 23.6 Å². The minimum absolute atomic E-state index is 0.133. The molecule has 1 saturated heterocycles. The van der Waals surface area contributed by atoms with E-state index in [-0.39, 0.29) is 11.8 Å². The predicted octanol–water partition coefficient (Wildman–Crippen LogP) is 1.31. The largest absolute Gasteiger partial charge is 0.504 e. The number of nitrogens with zero attached hydrogens (tertiary/aromatic N) is 1. The lowest BCUT2D eigenvalue weighted by molar-refractivity contribution is 0.341. The number of ether oxygens (including phenoxy) is 1. The van der Waals surface area contributed by atoms with E-state index in [1.165, 1.54) is 13.2 Å². The van der Waals surface area contributed by atoms with Gasteiger partial charge in [0.15, 0.2) is 11.5 Å². The maximum atomic E-state index is 9.87. The van der Waals surface area contributed by atoms with Crippen LogP contribution in [-0.4, -0.2) is 18.8 Å². The maximum absolute atomic E-state index is 9.87. The Kier molecular flexibility index (Phi) is 2.48. The van der Waals surface area contributed by atoms with Crippen LogP contribution in [0.3, 0.4) is 0 Å². The third-order valence-electron chi connectivity index (χ3n) is 2.65. The van der Waals surface area contributed by atoms with Gasteiger partial charge in [0, 0.05) is 17.7 Å². The highest BCUT2D eigenvalue weighted by Crippen LogP contribution is 2.37. The van der Waals surface area contributed by atoms with Gasteiger partial charge in [-0.2, -0.15) is 5.26 Å². The van der Waals surface area contributed by atoms with E-state index in [0.717, 1.165) is 18.5 Å². The summed E-state index contributed by atoms with van der Waals surface area (Å²) in [4.78, 5) is 0. The van der Waals surface area contributed by atoms with Gasteiger partial charge in [0.1, 0.15) is 0 Å². The van der Waals surface area contributed by atoms with Crippen LogP contribution in [0.25, 0.3) is 0 Å². The summed E-state index contributed by atoms with van der Waals surface area (Å²) in [6.07, 6.45) is 0.978. The van der Waals surface area contributed by atoms with Crippen LogP contribution in [0, 0.1) is 11.3 Å². The fourth-order valence-electron chi connectivity index (χ4n) is 1.67. The van der Waals surface area contributed by atoms with Crippen LogP contribution >= 0.6 is 0 Å². The van der Waals surface area contributed by atoms with E-state index < -0.39 is 0 Å². The minimum atomic E-state index is 0.133. The summed E-state index contributed by atoms with van der Waals surface area (Å²) in [5.74, 6) is 0.492. The fraction of sp³-hybridized carbons (Fsp3) is 0.364. The van der Waals surface area contributed by atoms with Gasteiger partial charge >= 0.3 is 0 Å². The Morgan fingerprint density at radius 1 is 1.60 bits per heavy atom. The number of phenolic OH excluding ortho intramolecular Hbond substituents is 1. The van der Waals surface area contributed by atoms with Gasteiger partial charge in [-0.15, -0.1) is 0 Å². The molecule has 1 heterocycles. The van der Waals surface area contributed by atoms with Gasteiger partial charge in [0.2, 0.25) is 0 Å². The van der Waals surface area contributed by atoms with Crippen molar-refractivity contribution in [3.05, 3.63) is 23.3 Å². The smallest absolute Gasteiger partial charge is 0.162 e.